The molecule has 4 heteroatoms. The Morgan fingerprint density at radius 3 is 2.67 bits per heavy atom. The molecule has 1 heterocycles. The van der Waals surface area contributed by atoms with Gasteiger partial charge in [0.15, 0.2) is 0 Å². The van der Waals surface area contributed by atoms with Gasteiger partial charge in [-0.25, -0.2) is 8.78 Å². The largest absolute Gasteiger partial charge is 0.325 e. The van der Waals surface area contributed by atoms with Crippen molar-refractivity contribution in [1.82, 2.24) is 0 Å². The molecule has 0 aliphatic carbocycles. The zero-order valence-corrected chi connectivity index (χ0v) is 8.09. The van der Waals surface area contributed by atoms with Crippen LogP contribution in [0.25, 0.3) is 0 Å². The number of hydrogen-bond acceptors (Lipinski definition) is 2. The van der Waals surface area contributed by atoms with Crippen LogP contribution in [0.4, 0.5) is 8.78 Å². The van der Waals surface area contributed by atoms with Crippen molar-refractivity contribution in [2.24, 2.45) is 11.1 Å². The summed E-state index contributed by atoms with van der Waals surface area (Å²) < 4.78 is 26.6. The van der Waals surface area contributed by atoms with E-state index in [4.69, 9.17) is 5.73 Å². The average molecular weight is 195 g/mol. The molecule has 1 aliphatic rings. The normalized spacial score (nSPS) is 32.0. The maximum absolute atomic E-state index is 13.3. The Hall–Kier alpha value is 0.170. The molecule has 0 amide bonds. The Morgan fingerprint density at radius 2 is 2.25 bits per heavy atom. The van der Waals surface area contributed by atoms with Crippen molar-refractivity contribution in [1.29, 1.82) is 0 Å². The second-order valence-corrected chi connectivity index (χ2v) is 4.73. The molecule has 0 saturated carbocycles. The molecule has 1 saturated heterocycles. The summed E-state index contributed by atoms with van der Waals surface area (Å²) in [7, 11) is 0. The van der Waals surface area contributed by atoms with E-state index in [1.54, 1.807) is 18.7 Å². The predicted octanol–water partition coefficient (Wildman–Crippen LogP) is 2.11. The Balaban J connectivity index is 2.68. The third-order valence-corrected chi connectivity index (χ3v) is 4.00. The van der Waals surface area contributed by atoms with Crippen molar-refractivity contribution in [3.8, 4) is 0 Å². The first kappa shape index (κ1) is 10.3. The molecule has 72 valence electrons. The van der Waals surface area contributed by atoms with Gasteiger partial charge in [-0.05, 0) is 18.6 Å². The summed E-state index contributed by atoms with van der Waals surface area (Å²) in [6.07, 6.45) is 1.49. The van der Waals surface area contributed by atoms with Crippen molar-refractivity contribution in [3.05, 3.63) is 0 Å². The number of alkyl halides is 2. The Morgan fingerprint density at radius 1 is 1.58 bits per heavy atom. The number of halogens is 2. The van der Waals surface area contributed by atoms with E-state index < -0.39 is 17.9 Å². The molecule has 0 aromatic rings. The number of nitrogens with two attached hydrogens (primary N) is 1. The van der Waals surface area contributed by atoms with Crippen LogP contribution in [0, 0.1) is 5.41 Å². The van der Waals surface area contributed by atoms with Gasteiger partial charge in [-0.2, -0.15) is 11.8 Å². The second-order valence-electron chi connectivity index (χ2n) is 3.63. The molecule has 0 bridgehead atoms. The molecule has 0 aromatic heterocycles. The average Bonchev–Trinajstić information content (AvgIpc) is 2.06. The summed E-state index contributed by atoms with van der Waals surface area (Å²) in [5.74, 6) is -1.14. The van der Waals surface area contributed by atoms with Gasteiger partial charge in [-0.15, -0.1) is 0 Å². The fraction of sp³-hybridized carbons (Fsp3) is 1.00. The van der Waals surface area contributed by atoms with E-state index >= 15 is 0 Å². The van der Waals surface area contributed by atoms with Crippen molar-refractivity contribution in [2.75, 3.05) is 18.1 Å². The van der Waals surface area contributed by atoms with Crippen LogP contribution in [0.1, 0.15) is 19.8 Å². The highest BCUT2D eigenvalue weighted by atomic mass is 32.2. The highest BCUT2D eigenvalue weighted by Gasteiger charge is 2.49. The lowest BCUT2D eigenvalue weighted by Crippen LogP contribution is -2.47. The molecule has 1 unspecified atom stereocenters. The summed E-state index contributed by atoms with van der Waals surface area (Å²) in [4.78, 5) is 0. The van der Waals surface area contributed by atoms with Gasteiger partial charge in [-0.1, -0.05) is 6.92 Å². The highest BCUT2D eigenvalue weighted by molar-refractivity contribution is 7.99. The maximum Gasteiger partial charge on any atom is 0.266 e. The van der Waals surface area contributed by atoms with Crippen LogP contribution < -0.4 is 5.73 Å². The van der Waals surface area contributed by atoms with E-state index in [-0.39, 0.29) is 0 Å². The quantitative estimate of drug-likeness (QED) is 0.730. The Kier molecular flexibility index (Phi) is 2.99. The summed E-state index contributed by atoms with van der Waals surface area (Å²) in [6, 6.07) is 0. The van der Waals surface area contributed by atoms with Gasteiger partial charge in [0.05, 0.1) is 6.54 Å². The minimum absolute atomic E-state index is 0.524. The van der Waals surface area contributed by atoms with Gasteiger partial charge in [0.2, 0.25) is 0 Å². The predicted molar refractivity (Wildman–Crippen MR) is 48.7 cm³/mol. The lowest BCUT2D eigenvalue weighted by Gasteiger charge is -2.39. The molecule has 2 N–H and O–H groups in total. The van der Waals surface area contributed by atoms with Crippen LogP contribution in [0.3, 0.4) is 0 Å². The molecule has 1 atom stereocenters. The van der Waals surface area contributed by atoms with Gasteiger partial charge in [0.25, 0.3) is 5.92 Å². The lowest BCUT2D eigenvalue weighted by molar-refractivity contribution is -0.0986. The summed E-state index contributed by atoms with van der Waals surface area (Å²) in [5.41, 5.74) is 4.19. The number of hydrogen-bond donors (Lipinski definition) is 1. The monoisotopic (exact) mass is 195 g/mol. The third-order valence-electron chi connectivity index (χ3n) is 2.58. The Bertz CT molecular complexity index is 155. The van der Waals surface area contributed by atoms with Crippen molar-refractivity contribution in [2.45, 2.75) is 25.7 Å². The zero-order valence-electron chi connectivity index (χ0n) is 7.28. The fourth-order valence-corrected chi connectivity index (χ4v) is 2.77. The van der Waals surface area contributed by atoms with Gasteiger partial charge in [-0.3, -0.25) is 0 Å². The molecule has 0 radical (unpaired) electrons. The van der Waals surface area contributed by atoms with E-state index in [1.165, 1.54) is 0 Å². The van der Waals surface area contributed by atoms with Gasteiger partial charge in [0.1, 0.15) is 0 Å². The molecule has 1 rings (SSSR count). The van der Waals surface area contributed by atoms with Gasteiger partial charge in [0, 0.05) is 11.2 Å². The molecule has 1 aliphatic heterocycles. The number of thioether (sulfide) groups is 1. The molecular formula is C8H15F2NS. The first-order valence-electron chi connectivity index (χ1n) is 4.17. The first-order chi connectivity index (χ1) is 5.52. The Labute approximate surface area is 76.1 Å². The highest BCUT2D eigenvalue weighted by Crippen LogP contribution is 2.45. The third kappa shape index (κ3) is 1.74. The maximum atomic E-state index is 13.3. The molecule has 1 fully saturated rings. The van der Waals surface area contributed by atoms with E-state index in [1.807, 2.05) is 0 Å². The molecule has 12 heavy (non-hydrogen) atoms. The second kappa shape index (κ2) is 3.50. The first-order valence-corrected chi connectivity index (χ1v) is 5.33. The van der Waals surface area contributed by atoms with E-state index in [0.29, 0.717) is 12.2 Å². The van der Waals surface area contributed by atoms with Gasteiger partial charge < -0.3 is 5.73 Å². The standard InChI is InChI=1S/C8H15F2NS/c1-7(8(9,10)5-11)3-2-4-12-6-7/h2-6,11H2,1H3. The van der Waals surface area contributed by atoms with E-state index in [0.717, 1.165) is 12.2 Å². The van der Waals surface area contributed by atoms with E-state index in [9.17, 15) is 8.78 Å². The molecule has 1 nitrogen and oxygen atoms in total. The van der Waals surface area contributed by atoms with Crippen LogP contribution in [0.15, 0.2) is 0 Å². The van der Waals surface area contributed by atoms with Crippen LogP contribution in [-0.4, -0.2) is 24.0 Å². The molecule has 0 aromatic carbocycles. The van der Waals surface area contributed by atoms with Crippen LogP contribution in [0.5, 0.6) is 0 Å². The van der Waals surface area contributed by atoms with Crippen LogP contribution in [0.2, 0.25) is 0 Å². The van der Waals surface area contributed by atoms with Crippen molar-refractivity contribution < 1.29 is 8.78 Å². The van der Waals surface area contributed by atoms with Gasteiger partial charge >= 0.3 is 0 Å². The SMILES string of the molecule is CC1(C(F)(F)CN)CCCSC1. The van der Waals surface area contributed by atoms with Crippen LogP contribution >= 0.6 is 11.8 Å². The smallest absolute Gasteiger partial charge is 0.266 e. The minimum atomic E-state index is -2.69. The summed E-state index contributed by atoms with van der Waals surface area (Å²) >= 11 is 1.61. The molecular weight excluding hydrogens is 180 g/mol. The topological polar surface area (TPSA) is 26.0 Å². The zero-order chi connectivity index (χ0) is 9.24. The fourth-order valence-electron chi connectivity index (χ4n) is 1.47. The number of rotatable bonds is 2. The lowest BCUT2D eigenvalue weighted by atomic mass is 9.80. The van der Waals surface area contributed by atoms with Crippen molar-refractivity contribution in [3.63, 3.8) is 0 Å². The molecule has 0 spiro atoms. The van der Waals surface area contributed by atoms with Crippen molar-refractivity contribution >= 4 is 11.8 Å². The van der Waals surface area contributed by atoms with E-state index in [2.05, 4.69) is 0 Å². The summed E-state index contributed by atoms with van der Waals surface area (Å²) in [5, 5.41) is 0. The van der Waals surface area contributed by atoms with Crippen LogP contribution in [-0.2, 0) is 0 Å². The minimum Gasteiger partial charge on any atom is -0.325 e. The summed E-state index contributed by atoms with van der Waals surface area (Å²) in [6.45, 7) is 1.12.